The van der Waals surface area contributed by atoms with Gasteiger partial charge in [0.25, 0.3) is 9.05 Å². The minimum absolute atomic E-state index is 0.167. The van der Waals surface area contributed by atoms with E-state index in [-0.39, 0.29) is 4.90 Å². The van der Waals surface area contributed by atoms with Gasteiger partial charge in [-0.1, -0.05) is 12.8 Å². The zero-order valence-corrected chi connectivity index (χ0v) is 12.9. The Morgan fingerprint density at radius 1 is 1.21 bits per heavy atom. The predicted octanol–water partition coefficient (Wildman–Crippen LogP) is 3.80. The third kappa shape index (κ3) is 3.42. The molecular formula is C14H19ClO3S. The van der Waals surface area contributed by atoms with Gasteiger partial charge >= 0.3 is 0 Å². The van der Waals surface area contributed by atoms with E-state index in [0.717, 1.165) is 11.3 Å². The Hall–Kier alpha value is -0.740. The number of ether oxygens (including phenoxy) is 1. The number of benzene rings is 1. The molecule has 3 nitrogen and oxygen atoms in total. The Kier molecular flexibility index (Phi) is 4.41. The highest BCUT2D eigenvalue weighted by molar-refractivity contribution is 8.13. The van der Waals surface area contributed by atoms with E-state index >= 15 is 0 Å². The second-order valence-electron chi connectivity index (χ2n) is 5.21. The fourth-order valence-corrected chi connectivity index (χ4v) is 3.83. The van der Waals surface area contributed by atoms with Crippen molar-refractivity contribution in [3.63, 3.8) is 0 Å². The number of hydrogen-bond acceptors (Lipinski definition) is 3. The molecule has 1 aliphatic rings. The molecule has 0 radical (unpaired) electrons. The molecule has 106 valence electrons. The van der Waals surface area contributed by atoms with Gasteiger partial charge in [-0.15, -0.1) is 0 Å². The SMILES string of the molecule is Cc1c(OCC2CCCC2)ccc(S(=O)(=O)Cl)c1C. The lowest BCUT2D eigenvalue weighted by atomic mass is 10.1. The van der Waals surface area contributed by atoms with E-state index in [4.69, 9.17) is 15.4 Å². The summed E-state index contributed by atoms with van der Waals surface area (Å²) < 4.78 is 28.6. The smallest absolute Gasteiger partial charge is 0.261 e. The van der Waals surface area contributed by atoms with Gasteiger partial charge in [-0.05, 0) is 55.9 Å². The summed E-state index contributed by atoms with van der Waals surface area (Å²) in [5, 5.41) is 0. The Morgan fingerprint density at radius 2 is 1.84 bits per heavy atom. The van der Waals surface area contributed by atoms with Gasteiger partial charge in [-0.25, -0.2) is 8.42 Å². The summed E-state index contributed by atoms with van der Waals surface area (Å²) in [7, 11) is 1.71. The van der Waals surface area contributed by atoms with Gasteiger partial charge in [-0.2, -0.15) is 0 Å². The molecule has 0 amide bonds. The van der Waals surface area contributed by atoms with E-state index in [0.29, 0.717) is 18.1 Å². The summed E-state index contributed by atoms with van der Waals surface area (Å²) in [6.07, 6.45) is 5.03. The molecule has 0 saturated heterocycles. The lowest BCUT2D eigenvalue weighted by molar-refractivity contribution is 0.250. The maximum Gasteiger partial charge on any atom is 0.261 e. The molecule has 0 unspecified atom stereocenters. The third-order valence-corrected chi connectivity index (χ3v) is 5.37. The van der Waals surface area contributed by atoms with Gasteiger partial charge in [0.1, 0.15) is 5.75 Å². The normalized spacial score (nSPS) is 16.8. The Morgan fingerprint density at radius 3 is 2.42 bits per heavy atom. The zero-order valence-electron chi connectivity index (χ0n) is 11.3. The summed E-state index contributed by atoms with van der Waals surface area (Å²) in [4.78, 5) is 0.167. The molecule has 0 spiro atoms. The van der Waals surface area contributed by atoms with Crippen LogP contribution in [0.3, 0.4) is 0 Å². The minimum atomic E-state index is -3.69. The second-order valence-corrected chi connectivity index (χ2v) is 7.75. The number of halogens is 1. The molecule has 0 heterocycles. The monoisotopic (exact) mass is 302 g/mol. The van der Waals surface area contributed by atoms with Crippen LogP contribution >= 0.6 is 10.7 Å². The molecule has 5 heteroatoms. The van der Waals surface area contributed by atoms with Gasteiger partial charge < -0.3 is 4.74 Å². The number of rotatable bonds is 4. The maximum atomic E-state index is 11.4. The molecule has 1 fully saturated rings. The first-order chi connectivity index (χ1) is 8.89. The van der Waals surface area contributed by atoms with Gasteiger partial charge in [-0.3, -0.25) is 0 Å². The van der Waals surface area contributed by atoms with Gasteiger partial charge in [0.2, 0.25) is 0 Å². The van der Waals surface area contributed by atoms with Crippen molar-refractivity contribution in [1.29, 1.82) is 0 Å². The summed E-state index contributed by atoms with van der Waals surface area (Å²) >= 11 is 0. The van der Waals surface area contributed by atoms with Crippen LogP contribution in [-0.4, -0.2) is 15.0 Å². The minimum Gasteiger partial charge on any atom is -0.493 e. The average Bonchev–Trinajstić information content (AvgIpc) is 2.82. The lowest BCUT2D eigenvalue weighted by Gasteiger charge is -2.15. The largest absolute Gasteiger partial charge is 0.493 e. The quantitative estimate of drug-likeness (QED) is 0.795. The molecular weight excluding hydrogens is 284 g/mol. The van der Waals surface area contributed by atoms with Crippen LogP contribution in [-0.2, 0) is 9.05 Å². The summed E-state index contributed by atoms with van der Waals surface area (Å²) in [6, 6.07) is 3.22. The number of hydrogen-bond donors (Lipinski definition) is 0. The van der Waals surface area contributed by atoms with E-state index in [2.05, 4.69) is 0 Å². The van der Waals surface area contributed by atoms with E-state index in [1.54, 1.807) is 13.0 Å². The summed E-state index contributed by atoms with van der Waals surface area (Å²) in [6.45, 7) is 4.34. The first-order valence-electron chi connectivity index (χ1n) is 6.57. The Labute approximate surface area is 119 Å². The first kappa shape index (κ1) is 14.7. The lowest BCUT2D eigenvalue weighted by Crippen LogP contribution is -2.09. The second kappa shape index (κ2) is 5.71. The average molecular weight is 303 g/mol. The van der Waals surface area contributed by atoms with Crippen molar-refractivity contribution in [2.75, 3.05) is 6.61 Å². The molecule has 0 bridgehead atoms. The Bertz CT molecular complexity index is 560. The van der Waals surface area contributed by atoms with Gasteiger partial charge in [0.05, 0.1) is 11.5 Å². The standard InChI is InChI=1S/C14H19ClO3S/c1-10-11(2)14(19(15,16)17)8-7-13(10)18-9-12-5-3-4-6-12/h7-8,12H,3-6,9H2,1-2H3. The summed E-state index contributed by atoms with van der Waals surface area (Å²) in [5.74, 6) is 1.39. The fraction of sp³-hybridized carbons (Fsp3) is 0.571. The molecule has 0 aliphatic heterocycles. The van der Waals surface area contributed by atoms with Gasteiger partial charge in [0.15, 0.2) is 0 Å². The highest BCUT2D eigenvalue weighted by Gasteiger charge is 2.19. The van der Waals surface area contributed by atoms with Crippen LogP contribution in [0.2, 0.25) is 0 Å². The van der Waals surface area contributed by atoms with Crippen molar-refractivity contribution in [2.24, 2.45) is 5.92 Å². The van der Waals surface area contributed by atoms with E-state index in [9.17, 15) is 8.42 Å². The van der Waals surface area contributed by atoms with Crippen LogP contribution < -0.4 is 4.74 Å². The van der Waals surface area contributed by atoms with E-state index in [1.807, 2.05) is 6.92 Å². The van der Waals surface area contributed by atoms with Crippen molar-refractivity contribution in [1.82, 2.24) is 0 Å². The van der Waals surface area contributed by atoms with Crippen LogP contribution in [0.1, 0.15) is 36.8 Å². The van der Waals surface area contributed by atoms with Crippen molar-refractivity contribution in [3.8, 4) is 5.75 Å². The Balaban J connectivity index is 2.16. The third-order valence-electron chi connectivity index (χ3n) is 3.90. The van der Waals surface area contributed by atoms with Gasteiger partial charge in [0, 0.05) is 10.7 Å². The van der Waals surface area contributed by atoms with E-state index < -0.39 is 9.05 Å². The van der Waals surface area contributed by atoms with Crippen LogP contribution in [0.25, 0.3) is 0 Å². The van der Waals surface area contributed by atoms with Crippen LogP contribution in [0.5, 0.6) is 5.75 Å². The van der Waals surface area contributed by atoms with Crippen molar-refractivity contribution in [2.45, 2.75) is 44.4 Å². The summed E-state index contributed by atoms with van der Waals surface area (Å²) in [5.41, 5.74) is 1.51. The molecule has 1 aliphatic carbocycles. The molecule has 1 aromatic carbocycles. The molecule has 1 aromatic rings. The van der Waals surface area contributed by atoms with Crippen molar-refractivity contribution in [3.05, 3.63) is 23.3 Å². The molecule has 1 saturated carbocycles. The topological polar surface area (TPSA) is 43.4 Å². The maximum absolute atomic E-state index is 11.4. The fourth-order valence-electron chi connectivity index (χ4n) is 2.58. The molecule has 19 heavy (non-hydrogen) atoms. The molecule has 2 rings (SSSR count). The molecule has 0 aromatic heterocycles. The predicted molar refractivity (Wildman–Crippen MR) is 76.4 cm³/mol. The van der Waals surface area contributed by atoms with E-state index in [1.165, 1.54) is 31.7 Å². The van der Waals surface area contributed by atoms with Crippen LogP contribution in [0, 0.1) is 19.8 Å². The van der Waals surface area contributed by atoms with Crippen LogP contribution in [0.4, 0.5) is 0 Å². The highest BCUT2D eigenvalue weighted by Crippen LogP contribution is 2.31. The first-order valence-corrected chi connectivity index (χ1v) is 8.88. The molecule has 0 atom stereocenters. The molecule has 0 N–H and O–H groups in total. The van der Waals surface area contributed by atoms with Crippen molar-refractivity contribution >= 4 is 19.7 Å². The highest BCUT2D eigenvalue weighted by atomic mass is 35.7. The van der Waals surface area contributed by atoms with Crippen molar-refractivity contribution < 1.29 is 13.2 Å². The zero-order chi connectivity index (χ0) is 14.0. The van der Waals surface area contributed by atoms with Crippen LogP contribution in [0.15, 0.2) is 17.0 Å².